The molecule has 0 saturated heterocycles. The molecule has 6 heteroatoms. The number of phenolic OH excluding ortho intramolecular Hbond substituents is 1. The number of nitrogens with two attached hydrogens (primary N) is 2. The highest BCUT2D eigenvalue weighted by molar-refractivity contribution is 6.11. The summed E-state index contributed by atoms with van der Waals surface area (Å²) in [6, 6.07) is 5.26. The Bertz CT molecular complexity index is 957. The standard InChI is InChI=1S/C17H18N4O2/c1-8-6-11-13(16(19)23)15(18)21(17(11)20-7-8)14-9(2)4-5-12(22)10(14)3/h4-7,22H,18H2,1-3H3,(H2,19,23). The van der Waals surface area contributed by atoms with Crippen LogP contribution in [0.3, 0.4) is 0 Å². The Labute approximate surface area is 133 Å². The largest absolute Gasteiger partial charge is 0.508 e. The van der Waals surface area contributed by atoms with E-state index in [1.807, 2.05) is 19.9 Å². The van der Waals surface area contributed by atoms with Crippen LogP contribution in [0.15, 0.2) is 24.4 Å². The zero-order valence-electron chi connectivity index (χ0n) is 13.2. The number of primary amides is 1. The van der Waals surface area contributed by atoms with Crippen LogP contribution in [0.2, 0.25) is 0 Å². The summed E-state index contributed by atoms with van der Waals surface area (Å²) in [6.45, 7) is 5.59. The van der Waals surface area contributed by atoms with Crippen molar-refractivity contribution in [3.05, 3.63) is 46.6 Å². The van der Waals surface area contributed by atoms with Crippen LogP contribution < -0.4 is 11.5 Å². The number of hydrogen-bond acceptors (Lipinski definition) is 4. The number of pyridine rings is 1. The number of benzene rings is 1. The normalized spacial score (nSPS) is 11.1. The van der Waals surface area contributed by atoms with Gasteiger partial charge < -0.3 is 16.6 Å². The first-order valence-electron chi connectivity index (χ1n) is 7.18. The Kier molecular flexibility index (Phi) is 3.25. The van der Waals surface area contributed by atoms with E-state index in [1.165, 1.54) is 0 Å². The fraction of sp³-hybridized carbons (Fsp3) is 0.176. The van der Waals surface area contributed by atoms with Gasteiger partial charge in [-0.1, -0.05) is 6.07 Å². The molecule has 0 aliphatic heterocycles. The van der Waals surface area contributed by atoms with Crippen molar-refractivity contribution in [1.29, 1.82) is 0 Å². The first kappa shape index (κ1) is 14.9. The molecule has 5 N–H and O–H groups in total. The zero-order chi connectivity index (χ0) is 16.9. The maximum atomic E-state index is 11.9. The molecule has 0 unspecified atom stereocenters. The third-order valence-electron chi connectivity index (χ3n) is 4.06. The van der Waals surface area contributed by atoms with Gasteiger partial charge in [0.25, 0.3) is 5.91 Å². The monoisotopic (exact) mass is 310 g/mol. The van der Waals surface area contributed by atoms with Crippen molar-refractivity contribution in [1.82, 2.24) is 9.55 Å². The van der Waals surface area contributed by atoms with E-state index in [2.05, 4.69) is 4.98 Å². The molecule has 0 aliphatic carbocycles. The third-order valence-corrected chi connectivity index (χ3v) is 4.06. The Morgan fingerprint density at radius 1 is 1.26 bits per heavy atom. The maximum Gasteiger partial charge on any atom is 0.253 e. The summed E-state index contributed by atoms with van der Waals surface area (Å²) in [4.78, 5) is 16.3. The molecule has 0 spiro atoms. The van der Waals surface area contributed by atoms with E-state index in [0.717, 1.165) is 11.1 Å². The lowest BCUT2D eigenvalue weighted by molar-refractivity contribution is 0.100. The van der Waals surface area contributed by atoms with Crippen molar-refractivity contribution < 1.29 is 9.90 Å². The van der Waals surface area contributed by atoms with Gasteiger partial charge in [0, 0.05) is 17.1 Å². The summed E-state index contributed by atoms with van der Waals surface area (Å²) in [5.74, 6) is -0.226. The second-order valence-corrected chi connectivity index (χ2v) is 5.72. The number of anilines is 1. The number of carbonyl (C=O) groups excluding carboxylic acids is 1. The molecule has 2 heterocycles. The van der Waals surface area contributed by atoms with Gasteiger partial charge in [0.1, 0.15) is 17.2 Å². The van der Waals surface area contributed by atoms with Gasteiger partial charge in [-0.25, -0.2) is 4.98 Å². The number of amides is 1. The number of aromatic nitrogens is 2. The zero-order valence-corrected chi connectivity index (χ0v) is 13.2. The van der Waals surface area contributed by atoms with Crippen molar-refractivity contribution in [3.63, 3.8) is 0 Å². The lowest BCUT2D eigenvalue weighted by atomic mass is 10.1. The number of fused-ring (bicyclic) bond motifs is 1. The van der Waals surface area contributed by atoms with Gasteiger partial charge in [0.2, 0.25) is 0 Å². The molecule has 0 radical (unpaired) electrons. The third kappa shape index (κ3) is 2.11. The fourth-order valence-corrected chi connectivity index (χ4v) is 2.94. The van der Waals surface area contributed by atoms with Gasteiger partial charge in [-0.05, 0) is 44.0 Å². The van der Waals surface area contributed by atoms with Gasteiger partial charge in [-0.2, -0.15) is 0 Å². The Balaban J connectivity index is 2.52. The molecule has 2 aromatic heterocycles. The minimum atomic E-state index is -0.603. The maximum absolute atomic E-state index is 11.9. The number of nitrogens with zero attached hydrogens (tertiary/aromatic N) is 2. The Morgan fingerprint density at radius 3 is 2.61 bits per heavy atom. The molecule has 23 heavy (non-hydrogen) atoms. The van der Waals surface area contributed by atoms with Crippen LogP contribution in [0.25, 0.3) is 16.7 Å². The van der Waals surface area contributed by atoms with Gasteiger partial charge >= 0.3 is 0 Å². The molecule has 1 amide bonds. The van der Waals surface area contributed by atoms with Crippen LogP contribution in [-0.4, -0.2) is 20.6 Å². The van der Waals surface area contributed by atoms with Crippen molar-refractivity contribution >= 4 is 22.8 Å². The molecular formula is C17H18N4O2. The predicted octanol–water partition coefficient (Wildman–Crippen LogP) is 2.34. The van der Waals surface area contributed by atoms with Crippen molar-refractivity contribution in [2.75, 3.05) is 5.73 Å². The summed E-state index contributed by atoms with van der Waals surface area (Å²) in [5, 5.41) is 10.7. The summed E-state index contributed by atoms with van der Waals surface area (Å²) < 4.78 is 1.68. The first-order chi connectivity index (χ1) is 10.8. The Hall–Kier alpha value is -3.02. The second-order valence-electron chi connectivity index (χ2n) is 5.72. The van der Waals surface area contributed by atoms with Crippen LogP contribution in [0, 0.1) is 20.8 Å². The summed E-state index contributed by atoms with van der Waals surface area (Å²) in [7, 11) is 0. The van der Waals surface area contributed by atoms with Crippen LogP contribution in [0.4, 0.5) is 5.82 Å². The average molecular weight is 310 g/mol. The number of hydrogen-bond donors (Lipinski definition) is 3. The topological polar surface area (TPSA) is 107 Å². The molecule has 118 valence electrons. The van der Waals surface area contributed by atoms with E-state index in [9.17, 15) is 9.90 Å². The molecule has 0 fully saturated rings. The molecule has 0 saturated carbocycles. The summed E-state index contributed by atoms with van der Waals surface area (Å²) in [5.41, 5.74) is 15.7. The van der Waals surface area contributed by atoms with E-state index in [0.29, 0.717) is 22.3 Å². The van der Waals surface area contributed by atoms with Gasteiger partial charge in [0.05, 0.1) is 11.3 Å². The molecule has 0 aliphatic rings. The highest BCUT2D eigenvalue weighted by Gasteiger charge is 2.23. The first-order valence-corrected chi connectivity index (χ1v) is 7.18. The van der Waals surface area contributed by atoms with Crippen molar-refractivity contribution in [2.45, 2.75) is 20.8 Å². The number of nitrogen functional groups attached to an aromatic ring is 1. The molecule has 1 aromatic carbocycles. The summed E-state index contributed by atoms with van der Waals surface area (Å²) >= 11 is 0. The Morgan fingerprint density at radius 2 is 1.96 bits per heavy atom. The lowest BCUT2D eigenvalue weighted by Gasteiger charge is -2.15. The second kappa shape index (κ2) is 5.01. The number of phenols is 1. The highest BCUT2D eigenvalue weighted by atomic mass is 16.3. The van der Waals surface area contributed by atoms with Crippen molar-refractivity contribution in [2.24, 2.45) is 5.73 Å². The predicted molar refractivity (Wildman–Crippen MR) is 89.9 cm³/mol. The van der Waals surface area contributed by atoms with E-state index < -0.39 is 5.91 Å². The van der Waals surface area contributed by atoms with Gasteiger partial charge in [-0.15, -0.1) is 0 Å². The van der Waals surface area contributed by atoms with Gasteiger partial charge in [0.15, 0.2) is 0 Å². The SMILES string of the molecule is Cc1cnc2c(c1)c(C(N)=O)c(N)n2-c1c(C)ccc(O)c1C. The van der Waals surface area contributed by atoms with E-state index in [1.54, 1.807) is 29.8 Å². The molecule has 6 nitrogen and oxygen atoms in total. The molecule has 3 aromatic rings. The number of aromatic hydroxyl groups is 1. The van der Waals surface area contributed by atoms with Crippen LogP contribution in [0.5, 0.6) is 5.75 Å². The molecule has 0 atom stereocenters. The van der Waals surface area contributed by atoms with Gasteiger partial charge in [-0.3, -0.25) is 9.36 Å². The number of aryl methyl sites for hydroxylation is 2. The van der Waals surface area contributed by atoms with Crippen LogP contribution in [0.1, 0.15) is 27.0 Å². The molecule has 3 rings (SSSR count). The van der Waals surface area contributed by atoms with Crippen molar-refractivity contribution in [3.8, 4) is 11.4 Å². The number of rotatable bonds is 2. The van der Waals surface area contributed by atoms with E-state index in [-0.39, 0.29) is 17.1 Å². The fourth-order valence-electron chi connectivity index (χ4n) is 2.94. The lowest BCUT2D eigenvalue weighted by Crippen LogP contribution is -2.14. The highest BCUT2D eigenvalue weighted by Crippen LogP contribution is 2.35. The van der Waals surface area contributed by atoms with E-state index >= 15 is 0 Å². The average Bonchev–Trinajstić information content (AvgIpc) is 2.75. The molecule has 0 bridgehead atoms. The van der Waals surface area contributed by atoms with Crippen LogP contribution >= 0.6 is 0 Å². The summed E-state index contributed by atoms with van der Waals surface area (Å²) in [6.07, 6.45) is 1.70. The van der Waals surface area contributed by atoms with E-state index in [4.69, 9.17) is 11.5 Å². The minimum absolute atomic E-state index is 0.152. The molecular weight excluding hydrogens is 292 g/mol. The minimum Gasteiger partial charge on any atom is -0.508 e. The number of carbonyl (C=O) groups is 1. The quantitative estimate of drug-likeness (QED) is 0.675. The smallest absolute Gasteiger partial charge is 0.253 e. The van der Waals surface area contributed by atoms with Crippen LogP contribution in [-0.2, 0) is 0 Å².